The molecule has 0 saturated carbocycles. The van der Waals surface area contributed by atoms with Crippen LogP contribution in [-0.4, -0.2) is 11.5 Å². The molecular formula is C16H22N2S. The van der Waals surface area contributed by atoms with Crippen LogP contribution in [0.15, 0.2) is 29.6 Å². The Hall–Kier alpha value is -1.19. The van der Waals surface area contributed by atoms with Crippen LogP contribution in [0.3, 0.4) is 0 Å². The Labute approximate surface area is 119 Å². The molecular weight excluding hydrogens is 252 g/mol. The Morgan fingerprint density at radius 3 is 2.68 bits per heavy atom. The Bertz CT molecular complexity index is 519. The molecule has 0 aliphatic heterocycles. The Morgan fingerprint density at radius 2 is 2.05 bits per heavy atom. The number of hydrogen-bond donors (Lipinski definition) is 1. The average molecular weight is 274 g/mol. The molecule has 1 aromatic carbocycles. The van der Waals surface area contributed by atoms with Crippen molar-refractivity contribution in [3.63, 3.8) is 0 Å². The number of hydrogen-bond acceptors (Lipinski definition) is 3. The van der Waals surface area contributed by atoms with E-state index in [1.165, 1.54) is 16.8 Å². The number of aromatic nitrogens is 1. The van der Waals surface area contributed by atoms with Crippen molar-refractivity contribution in [1.82, 2.24) is 10.3 Å². The van der Waals surface area contributed by atoms with Crippen molar-refractivity contribution in [2.24, 2.45) is 0 Å². The zero-order valence-corrected chi connectivity index (χ0v) is 12.8. The highest BCUT2D eigenvalue weighted by Gasteiger charge is 2.15. The molecule has 1 heterocycles. The normalized spacial score (nSPS) is 12.6. The van der Waals surface area contributed by atoms with Crippen molar-refractivity contribution >= 4 is 11.3 Å². The first-order valence-corrected chi connectivity index (χ1v) is 7.84. The number of nitrogens with zero attached hydrogens (tertiary/aromatic N) is 1. The van der Waals surface area contributed by atoms with Crippen LogP contribution in [0.1, 0.15) is 41.7 Å². The van der Waals surface area contributed by atoms with Gasteiger partial charge in [0.05, 0.1) is 10.7 Å². The zero-order chi connectivity index (χ0) is 13.7. The molecule has 0 saturated heterocycles. The molecule has 0 aliphatic rings. The molecule has 2 aromatic rings. The molecule has 1 atom stereocenters. The molecule has 0 fully saturated rings. The summed E-state index contributed by atoms with van der Waals surface area (Å²) in [7, 11) is 0. The van der Waals surface area contributed by atoms with Crippen molar-refractivity contribution in [3.05, 3.63) is 51.5 Å². The van der Waals surface area contributed by atoms with Crippen molar-refractivity contribution in [2.45, 2.75) is 39.7 Å². The molecule has 1 aromatic heterocycles. The summed E-state index contributed by atoms with van der Waals surface area (Å²) in [6, 6.07) is 9.09. The molecule has 0 bridgehead atoms. The van der Waals surface area contributed by atoms with E-state index in [2.05, 4.69) is 60.7 Å². The molecule has 3 heteroatoms. The van der Waals surface area contributed by atoms with E-state index in [4.69, 9.17) is 0 Å². The van der Waals surface area contributed by atoms with Crippen molar-refractivity contribution in [3.8, 4) is 0 Å². The lowest BCUT2D eigenvalue weighted by Gasteiger charge is -2.20. The lowest BCUT2D eigenvalue weighted by Crippen LogP contribution is -2.24. The third-order valence-electron chi connectivity index (χ3n) is 3.34. The number of likely N-dealkylation sites (N-methyl/N-ethyl adjacent to an activating group) is 1. The molecule has 19 heavy (non-hydrogen) atoms. The molecule has 2 rings (SSSR count). The third kappa shape index (κ3) is 3.64. The lowest BCUT2D eigenvalue weighted by molar-refractivity contribution is 0.541. The molecule has 1 N–H and O–H groups in total. The molecule has 1 unspecified atom stereocenters. The van der Waals surface area contributed by atoms with Crippen LogP contribution in [0.25, 0.3) is 0 Å². The fourth-order valence-electron chi connectivity index (χ4n) is 2.45. The summed E-state index contributed by atoms with van der Waals surface area (Å²) in [5, 5.41) is 6.92. The first-order chi connectivity index (χ1) is 9.24. The van der Waals surface area contributed by atoms with Gasteiger partial charge in [-0.2, -0.15) is 0 Å². The number of benzene rings is 1. The highest BCUT2D eigenvalue weighted by atomic mass is 32.1. The maximum absolute atomic E-state index is 4.59. The minimum absolute atomic E-state index is 0.364. The Balaban J connectivity index is 2.23. The first kappa shape index (κ1) is 14.2. The van der Waals surface area contributed by atoms with Gasteiger partial charge in [-0.15, -0.1) is 11.3 Å². The van der Waals surface area contributed by atoms with Crippen molar-refractivity contribution in [1.29, 1.82) is 0 Å². The highest BCUT2D eigenvalue weighted by Crippen LogP contribution is 2.23. The second kappa shape index (κ2) is 6.83. The zero-order valence-electron chi connectivity index (χ0n) is 11.9. The van der Waals surface area contributed by atoms with E-state index in [1.807, 2.05) is 0 Å². The third-order valence-corrected chi connectivity index (χ3v) is 4.16. The second-order valence-corrected chi connectivity index (χ2v) is 5.79. The molecule has 102 valence electrons. The van der Waals surface area contributed by atoms with Crippen LogP contribution in [0.5, 0.6) is 0 Å². The summed E-state index contributed by atoms with van der Waals surface area (Å²) in [5.41, 5.74) is 4.04. The van der Waals surface area contributed by atoms with Crippen LogP contribution in [0.2, 0.25) is 0 Å². The Morgan fingerprint density at radius 1 is 1.26 bits per heavy atom. The number of nitrogens with one attached hydrogen (secondary N) is 1. The van der Waals surface area contributed by atoms with Gasteiger partial charge in [0.2, 0.25) is 0 Å². The average Bonchev–Trinajstić information content (AvgIpc) is 2.84. The predicted molar refractivity (Wildman–Crippen MR) is 82.8 cm³/mol. The maximum Gasteiger partial charge on any atom is 0.0897 e. The van der Waals surface area contributed by atoms with Crippen LogP contribution in [0.4, 0.5) is 0 Å². The monoisotopic (exact) mass is 274 g/mol. The van der Waals surface area contributed by atoms with E-state index in [-0.39, 0.29) is 0 Å². The minimum Gasteiger partial charge on any atom is -0.310 e. The summed E-state index contributed by atoms with van der Waals surface area (Å²) < 4.78 is 0. The van der Waals surface area contributed by atoms with Gasteiger partial charge in [0.25, 0.3) is 0 Å². The summed E-state index contributed by atoms with van der Waals surface area (Å²) in [6.07, 6.45) is 2.04. The molecule has 0 spiro atoms. The standard InChI is InChI=1S/C16H22N2S/c1-4-13-8-6-7-9-15(13)16(17-5-2)10-14-11-19-12(3)18-14/h6-9,11,16-17H,4-5,10H2,1-3H3. The number of rotatable bonds is 6. The van der Waals surface area contributed by atoms with Gasteiger partial charge in [-0.3, -0.25) is 0 Å². The van der Waals surface area contributed by atoms with E-state index in [0.717, 1.165) is 24.4 Å². The van der Waals surface area contributed by atoms with Crippen molar-refractivity contribution in [2.75, 3.05) is 6.54 Å². The van der Waals surface area contributed by atoms with E-state index in [9.17, 15) is 0 Å². The van der Waals surface area contributed by atoms with Crippen molar-refractivity contribution < 1.29 is 0 Å². The number of aryl methyl sites for hydroxylation is 2. The van der Waals surface area contributed by atoms with E-state index in [0.29, 0.717) is 6.04 Å². The lowest BCUT2D eigenvalue weighted by atomic mass is 9.95. The largest absolute Gasteiger partial charge is 0.310 e. The SMILES string of the molecule is CCNC(Cc1csc(C)n1)c1ccccc1CC. The summed E-state index contributed by atoms with van der Waals surface area (Å²) >= 11 is 1.73. The first-order valence-electron chi connectivity index (χ1n) is 6.96. The fraction of sp³-hybridized carbons (Fsp3) is 0.438. The van der Waals surface area contributed by atoms with Crippen LogP contribution < -0.4 is 5.32 Å². The predicted octanol–water partition coefficient (Wildman–Crippen LogP) is 3.91. The van der Waals surface area contributed by atoms with Crippen LogP contribution >= 0.6 is 11.3 Å². The summed E-state index contributed by atoms with van der Waals surface area (Å²) in [5.74, 6) is 0. The Kier molecular flexibility index (Phi) is 5.11. The second-order valence-electron chi connectivity index (χ2n) is 4.72. The molecule has 0 amide bonds. The van der Waals surface area contributed by atoms with Gasteiger partial charge in [-0.1, -0.05) is 38.1 Å². The topological polar surface area (TPSA) is 24.9 Å². The minimum atomic E-state index is 0.364. The highest BCUT2D eigenvalue weighted by molar-refractivity contribution is 7.09. The quantitative estimate of drug-likeness (QED) is 0.864. The van der Waals surface area contributed by atoms with E-state index in [1.54, 1.807) is 11.3 Å². The van der Waals surface area contributed by atoms with E-state index < -0.39 is 0 Å². The van der Waals surface area contributed by atoms with Gasteiger partial charge in [0.15, 0.2) is 0 Å². The fourth-order valence-corrected chi connectivity index (χ4v) is 3.07. The molecule has 0 aliphatic carbocycles. The van der Waals surface area contributed by atoms with Crippen LogP contribution in [-0.2, 0) is 12.8 Å². The van der Waals surface area contributed by atoms with Gasteiger partial charge in [-0.25, -0.2) is 4.98 Å². The smallest absolute Gasteiger partial charge is 0.0897 e. The van der Waals surface area contributed by atoms with Gasteiger partial charge in [0, 0.05) is 17.8 Å². The molecule has 2 nitrogen and oxygen atoms in total. The van der Waals surface area contributed by atoms with Crippen LogP contribution in [0, 0.1) is 6.92 Å². The van der Waals surface area contributed by atoms with Gasteiger partial charge in [0.1, 0.15) is 0 Å². The van der Waals surface area contributed by atoms with E-state index >= 15 is 0 Å². The van der Waals surface area contributed by atoms with Gasteiger partial charge >= 0.3 is 0 Å². The van der Waals surface area contributed by atoms with Gasteiger partial charge < -0.3 is 5.32 Å². The summed E-state index contributed by atoms with van der Waals surface area (Å²) in [4.78, 5) is 4.59. The maximum atomic E-state index is 4.59. The molecule has 0 radical (unpaired) electrons. The van der Waals surface area contributed by atoms with Gasteiger partial charge in [-0.05, 0) is 31.0 Å². The number of thiazole rings is 1. The summed E-state index contributed by atoms with van der Waals surface area (Å²) in [6.45, 7) is 7.42.